The van der Waals surface area contributed by atoms with E-state index in [1.165, 1.54) is 16.4 Å². The SMILES string of the molecule is Cc1ccc(N2CC(N(C)C(=O)c3ccc(S(=O)(=O)N4CCOCC4)cc3)C2)nn1. The standard InChI is InChI=1S/C20H25N5O4S/c1-15-3-8-19(22-21-15)24-13-17(14-24)23(2)20(26)16-4-6-18(7-5-16)30(27,28)25-9-11-29-12-10-25/h3-8,17H,9-14H2,1-2H3. The number of ether oxygens (including phenoxy) is 1. The fourth-order valence-electron chi connectivity index (χ4n) is 3.52. The van der Waals surface area contributed by atoms with Gasteiger partial charge in [-0.05, 0) is 43.3 Å². The summed E-state index contributed by atoms with van der Waals surface area (Å²) in [6, 6.07) is 10.1. The molecule has 2 aliphatic heterocycles. The summed E-state index contributed by atoms with van der Waals surface area (Å²) >= 11 is 0. The fourth-order valence-corrected chi connectivity index (χ4v) is 4.93. The number of benzene rings is 1. The Labute approximate surface area is 176 Å². The van der Waals surface area contributed by atoms with Crippen LogP contribution in [-0.2, 0) is 14.8 Å². The van der Waals surface area contributed by atoms with E-state index in [1.807, 2.05) is 19.1 Å². The lowest BCUT2D eigenvalue weighted by Gasteiger charge is -2.44. The Bertz CT molecular complexity index is 998. The van der Waals surface area contributed by atoms with E-state index in [2.05, 4.69) is 15.1 Å². The van der Waals surface area contributed by atoms with E-state index in [0.29, 0.717) is 45.0 Å². The average Bonchev–Trinajstić information content (AvgIpc) is 2.74. The summed E-state index contributed by atoms with van der Waals surface area (Å²) in [5.41, 5.74) is 1.33. The molecule has 1 aromatic carbocycles. The highest BCUT2D eigenvalue weighted by Gasteiger charge is 2.34. The largest absolute Gasteiger partial charge is 0.379 e. The maximum atomic E-state index is 12.8. The predicted molar refractivity (Wildman–Crippen MR) is 111 cm³/mol. The number of nitrogens with zero attached hydrogens (tertiary/aromatic N) is 5. The molecule has 0 N–H and O–H groups in total. The summed E-state index contributed by atoms with van der Waals surface area (Å²) in [6.45, 7) is 4.73. The van der Waals surface area contributed by atoms with Crippen LogP contribution in [0.2, 0.25) is 0 Å². The van der Waals surface area contributed by atoms with Crippen molar-refractivity contribution in [1.82, 2.24) is 19.4 Å². The van der Waals surface area contributed by atoms with Gasteiger partial charge in [-0.3, -0.25) is 4.79 Å². The molecule has 0 spiro atoms. The zero-order valence-electron chi connectivity index (χ0n) is 17.1. The molecule has 3 heterocycles. The Balaban J connectivity index is 1.38. The molecule has 10 heteroatoms. The molecule has 0 saturated carbocycles. The van der Waals surface area contributed by atoms with Gasteiger partial charge in [-0.25, -0.2) is 8.42 Å². The van der Waals surface area contributed by atoms with Gasteiger partial charge in [-0.15, -0.1) is 5.10 Å². The summed E-state index contributed by atoms with van der Waals surface area (Å²) < 4.78 is 32.1. The van der Waals surface area contributed by atoms with Crippen LogP contribution in [0.25, 0.3) is 0 Å². The molecule has 1 aromatic heterocycles. The van der Waals surface area contributed by atoms with Gasteiger partial charge in [0.2, 0.25) is 10.0 Å². The van der Waals surface area contributed by atoms with Crippen molar-refractivity contribution in [2.45, 2.75) is 17.9 Å². The van der Waals surface area contributed by atoms with Crippen molar-refractivity contribution in [2.75, 3.05) is 51.3 Å². The molecule has 0 unspecified atom stereocenters. The van der Waals surface area contributed by atoms with Crippen molar-refractivity contribution < 1.29 is 17.9 Å². The first kappa shape index (κ1) is 20.7. The van der Waals surface area contributed by atoms with E-state index >= 15 is 0 Å². The zero-order chi connectivity index (χ0) is 21.3. The smallest absolute Gasteiger partial charge is 0.253 e. The summed E-state index contributed by atoms with van der Waals surface area (Å²) in [7, 11) is -1.80. The lowest BCUT2D eigenvalue weighted by molar-refractivity contribution is 0.0705. The third-order valence-electron chi connectivity index (χ3n) is 5.55. The molecule has 0 radical (unpaired) electrons. The lowest BCUT2D eigenvalue weighted by atomic mass is 10.1. The van der Waals surface area contributed by atoms with E-state index in [1.54, 1.807) is 24.1 Å². The molecule has 2 saturated heterocycles. The van der Waals surface area contributed by atoms with Crippen LogP contribution in [0.15, 0.2) is 41.3 Å². The minimum atomic E-state index is -3.57. The van der Waals surface area contributed by atoms with Gasteiger partial charge in [0.25, 0.3) is 5.91 Å². The van der Waals surface area contributed by atoms with Crippen LogP contribution < -0.4 is 4.90 Å². The maximum absolute atomic E-state index is 12.8. The molecule has 0 bridgehead atoms. The molecule has 0 atom stereocenters. The highest BCUT2D eigenvalue weighted by Crippen LogP contribution is 2.23. The highest BCUT2D eigenvalue weighted by molar-refractivity contribution is 7.89. The molecule has 1 amide bonds. The molecule has 30 heavy (non-hydrogen) atoms. The number of aryl methyl sites for hydroxylation is 1. The van der Waals surface area contributed by atoms with Crippen molar-refractivity contribution in [3.8, 4) is 0 Å². The van der Waals surface area contributed by atoms with Crippen molar-refractivity contribution in [3.63, 3.8) is 0 Å². The first-order chi connectivity index (χ1) is 14.4. The molecule has 9 nitrogen and oxygen atoms in total. The number of sulfonamides is 1. The number of carbonyl (C=O) groups excluding carboxylic acids is 1. The first-order valence-electron chi connectivity index (χ1n) is 9.86. The molecular weight excluding hydrogens is 406 g/mol. The molecule has 4 rings (SSSR count). The van der Waals surface area contributed by atoms with Crippen LogP contribution in [0.3, 0.4) is 0 Å². The maximum Gasteiger partial charge on any atom is 0.253 e. The Morgan fingerprint density at radius 2 is 1.73 bits per heavy atom. The van der Waals surface area contributed by atoms with Gasteiger partial charge in [-0.2, -0.15) is 9.40 Å². The van der Waals surface area contributed by atoms with Crippen molar-refractivity contribution in [1.29, 1.82) is 0 Å². The molecule has 2 fully saturated rings. The number of likely N-dealkylation sites (N-methyl/N-ethyl adjacent to an activating group) is 1. The minimum Gasteiger partial charge on any atom is -0.379 e. The van der Waals surface area contributed by atoms with E-state index in [0.717, 1.165) is 11.5 Å². The number of rotatable bonds is 5. The van der Waals surface area contributed by atoms with Gasteiger partial charge in [0, 0.05) is 38.8 Å². The number of hydrogen-bond donors (Lipinski definition) is 0. The number of carbonyl (C=O) groups is 1. The normalized spacial score (nSPS) is 18.1. The number of morpholine rings is 1. The van der Waals surface area contributed by atoms with Gasteiger partial charge >= 0.3 is 0 Å². The molecule has 2 aromatic rings. The van der Waals surface area contributed by atoms with E-state index in [-0.39, 0.29) is 16.8 Å². The second-order valence-electron chi connectivity index (χ2n) is 7.55. The minimum absolute atomic E-state index is 0.0670. The topological polar surface area (TPSA) is 95.9 Å². The number of hydrogen-bond acceptors (Lipinski definition) is 7. The average molecular weight is 432 g/mol. The number of aromatic nitrogens is 2. The van der Waals surface area contributed by atoms with E-state index < -0.39 is 10.0 Å². The Kier molecular flexibility index (Phi) is 5.72. The van der Waals surface area contributed by atoms with Gasteiger partial charge in [0.15, 0.2) is 5.82 Å². The second kappa shape index (κ2) is 8.29. The van der Waals surface area contributed by atoms with Gasteiger partial charge < -0.3 is 14.5 Å². The van der Waals surface area contributed by atoms with Crippen molar-refractivity contribution >= 4 is 21.7 Å². The number of anilines is 1. The van der Waals surface area contributed by atoms with Gasteiger partial charge in [-0.1, -0.05) is 0 Å². The summed E-state index contributed by atoms with van der Waals surface area (Å²) in [5, 5.41) is 8.24. The van der Waals surface area contributed by atoms with Gasteiger partial charge in [0.1, 0.15) is 0 Å². The first-order valence-corrected chi connectivity index (χ1v) is 11.3. The van der Waals surface area contributed by atoms with Crippen LogP contribution in [0.1, 0.15) is 16.1 Å². The predicted octanol–water partition coefficient (Wildman–Crippen LogP) is 0.767. The fraction of sp³-hybridized carbons (Fsp3) is 0.450. The summed E-state index contributed by atoms with van der Waals surface area (Å²) in [5.74, 6) is 0.667. The molecule has 160 valence electrons. The van der Waals surface area contributed by atoms with Crippen molar-refractivity contribution in [3.05, 3.63) is 47.7 Å². The molecule has 0 aliphatic carbocycles. The third kappa shape index (κ3) is 4.03. The third-order valence-corrected chi connectivity index (χ3v) is 7.46. The highest BCUT2D eigenvalue weighted by atomic mass is 32.2. The second-order valence-corrected chi connectivity index (χ2v) is 9.49. The van der Waals surface area contributed by atoms with Crippen LogP contribution in [0.5, 0.6) is 0 Å². The quantitative estimate of drug-likeness (QED) is 0.690. The Morgan fingerprint density at radius 3 is 2.33 bits per heavy atom. The van der Waals surface area contributed by atoms with Crippen LogP contribution in [-0.4, -0.2) is 86.2 Å². The van der Waals surface area contributed by atoms with E-state index in [9.17, 15) is 13.2 Å². The summed E-state index contributed by atoms with van der Waals surface area (Å²) in [4.78, 5) is 16.8. The monoisotopic (exact) mass is 431 g/mol. The van der Waals surface area contributed by atoms with E-state index in [4.69, 9.17) is 4.74 Å². The zero-order valence-corrected chi connectivity index (χ0v) is 17.9. The number of amides is 1. The lowest BCUT2D eigenvalue weighted by Crippen LogP contribution is -2.60. The van der Waals surface area contributed by atoms with Crippen LogP contribution in [0.4, 0.5) is 5.82 Å². The van der Waals surface area contributed by atoms with Crippen molar-refractivity contribution in [2.24, 2.45) is 0 Å². The van der Waals surface area contributed by atoms with Crippen LogP contribution in [0, 0.1) is 6.92 Å². The van der Waals surface area contributed by atoms with Crippen LogP contribution >= 0.6 is 0 Å². The Hall–Kier alpha value is -2.56. The Morgan fingerprint density at radius 1 is 1.07 bits per heavy atom. The summed E-state index contributed by atoms with van der Waals surface area (Å²) in [6.07, 6.45) is 0. The van der Waals surface area contributed by atoms with Gasteiger partial charge in [0.05, 0.1) is 29.8 Å². The molecule has 2 aliphatic rings. The molecular formula is C20H25N5O4S.